The number of rotatable bonds is 12. The topological polar surface area (TPSA) is 64.1 Å². The molecule has 29 heavy (non-hydrogen) atoms. The fraction of sp³-hybridized carbons (Fsp3) is 0.667. The normalized spacial score (nSPS) is 15.7. The average molecular weight is 414 g/mol. The van der Waals surface area contributed by atoms with Gasteiger partial charge >= 0.3 is 6.61 Å². The highest BCUT2D eigenvalue weighted by atomic mass is 19.3. The van der Waals surface area contributed by atoms with Crippen LogP contribution in [-0.2, 0) is 11.3 Å². The highest BCUT2D eigenvalue weighted by Crippen LogP contribution is 2.43. The molecular formula is C21H33F2N3O3. The molecule has 1 saturated carbocycles. The van der Waals surface area contributed by atoms with E-state index >= 15 is 0 Å². The van der Waals surface area contributed by atoms with Crippen LogP contribution in [0.4, 0.5) is 8.78 Å². The summed E-state index contributed by atoms with van der Waals surface area (Å²) in [5.41, 5.74) is 1.13. The van der Waals surface area contributed by atoms with Crippen molar-refractivity contribution in [1.82, 2.24) is 10.6 Å². The molecule has 1 aromatic carbocycles. The van der Waals surface area contributed by atoms with Gasteiger partial charge in [0.2, 0.25) is 0 Å². The summed E-state index contributed by atoms with van der Waals surface area (Å²) >= 11 is 0. The molecule has 0 aliphatic heterocycles. The second kappa shape index (κ2) is 11.8. The molecule has 1 aliphatic rings. The van der Waals surface area contributed by atoms with Gasteiger partial charge in [-0.3, -0.25) is 0 Å². The second-order valence-electron chi connectivity index (χ2n) is 7.24. The third-order valence-corrected chi connectivity index (χ3v) is 5.17. The number of halogens is 2. The van der Waals surface area contributed by atoms with E-state index in [9.17, 15) is 8.78 Å². The molecule has 0 radical (unpaired) electrons. The Bertz CT molecular complexity index is 652. The Labute approximate surface area is 172 Å². The number of nitrogens with one attached hydrogen (secondary N) is 2. The third-order valence-electron chi connectivity index (χ3n) is 5.17. The maximum atomic E-state index is 12.5. The zero-order chi connectivity index (χ0) is 21.1. The van der Waals surface area contributed by atoms with Gasteiger partial charge in [0, 0.05) is 26.8 Å². The van der Waals surface area contributed by atoms with E-state index in [0.29, 0.717) is 18.9 Å². The third kappa shape index (κ3) is 7.34. The maximum Gasteiger partial charge on any atom is 0.387 e. The van der Waals surface area contributed by atoms with Crippen molar-refractivity contribution in [3.05, 3.63) is 23.8 Å². The molecule has 0 saturated heterocycles. The number of guanidine groups is 1. The molecule has 0 bridgehead atoms. The first-order valence-corrected chi connectivity index (χ1v) is 10.2. The molecule has 0 atom stereocenters. The number of benzene rings is 1. The van der Waals surface area contributed by atoms with Crippen molar-refractivity contribution in [2.24, 2.45) is 10.4 Å². The Balaban J connectivity index is 2.02. The second-order valence-corrected chi connectivity index (χ2v) is 7.24. The fourth-order valence-corrected chi connectivity index (χ4v) is 3.41. The van der Waals surface area contributed by atoms with Crippen molar-refractivity contribution in [3.63, 3.8) is 0 Å². The Morgan fingerprint density at radius 3 is 2.59 bits per heavy atom. The van der Waals surface area contributed by atoms with Gasteiger partial charge < -0.3 is 24.8 Å². The predicted molar refractivity (Wildman–Crippen MR) is 110 cm³/mol. The van der Waals surface area contributed by atoms with Gasteiger partial charge in [0.1, 0.15) is 0 Å². The van der Waals surface area contributed by atoms with E-state index < -0.39 is 6.61 Å². The molecule has 2 N–H and O–H groups in total. The number of hydrogen-bond acceptors (Lipinski definition) is 4. The van der Waals surface area contributed by atoms with Crippen LogP contribution >= 0.6 is 0 Å². The molecule has 0 unspecified atom stereocenters. The summed E-state index contributed by atoms with van der Waals surface area (Å²) in [6, 6.07) is 4.91. The van der Waals surface area contributed by atoms with Crippen molar-refractivity contribution in [2.75, 3.05) is 33.4 Å². The van der Waals surface area contributed by atoms with Crippen LogP contribution in [0.2, 0.25) is 0 Å². The van der Waals surface area contributed by atoms with Gasteiger partial charge in [-0.2, -0.15) is 8.78 Å². The molecule has 6 nitrogen and oxygen atoms in total. The van der Waals surface area contributed by atoms with Gasteiger partial charge in [-0.25, -0.2) is 4.99 Å². The van der Waals surface area contributed by atoms with Gasteiger partial charge in [-0.15, -0.1) is 0 Å². The van der Waals surface area contributed by atoms with Gasteiger partial charge in [-0.1, -0.05) is 12.5 Å². The minimum atomic E-state index is -2.89. The van der Waals surface area contributed by atoms with Crippen molar-refractivity contribution in [2.45, 2.75) is 52.7 Å². The van der Waals surface area contributed by atoms with Crippen LogP contribution < -0.4 is 20.1 Å². The number of alkyl halides is 2. The Morgan fingerprint density at radius 2 is 2.00 bits per heavy atom. The molecule has 1 aliphatic carbocycles. The predicted octanol–water partition coefficient (Wildman–Crippen LogP) is 3.95. The van der Waals surface area contributed by atoms with E-state index in [4.69, 9.17) is 9.47 Å². The molecular weight excluding hydrogens is 380 g/mol. The van der Waals surface area contributed by atoms with Crippen LogP contribution in [0, 0.1) is 5.41 Å². The van der Waals surface area contributed by atoms with E-state index in [1.54, 1.807) is 26.2 Å². The van der Waals surface area contributed by atoms with Crippen LogP contribution in [0.5, 0.6) is 11.5 Å². The zero-order valence-electron chi connectivity index (χ0n) is 17.6. The number of nitrogens with zero attached hydrogens (tertiary/aromatic N) is 1. The number of methoxy groups -OCH3 is 1. The summed E-state index contributed by atoms with van der Waals surface area (Å²) in [5.74, 6) is 1.07. The molecule has 0 amide bonds. The molecule has 1 aromatic rings. The van der Waals surface area contributed by atoms with E-state index in [0.717, 1.165) is 37.6 Å². The number of ether oxygens (including phenoxy) is 3. The maximum absolute atomic E-state index is 12.5. The molecule has 0 spiro atoms. The van der Waals surface area contributed by atoms with E-state index in [1.807, 2.05) is 6.92 Å². The van der Waals surface area contributed by atoms with E-state index in [1.165, 1.54) is 25.3 Å². The molecule has 0 heterocycles. The summed E-state index contributed by atoms with van der Waals surface area (Å²) in [7, 11) is 1.74. The van der Waals surface area contributed by atoms with Gasteiger partial charge in [-0.05, 0) is 56.2 Å². The van der Waals surface area contributed by atoms with Gasteiger partial charge in [0.25, 0.3) is 0 Å². The number of aliphatic imine (C=N–C) groups is 1. The standard InChI is InChI=1S/C21H33F2N3O3/c1-4-24-20(26-15-21(9-6-10-21)11-12-27-3)25-14-16-7-8-17(29-19(22)23)18(13-16)28-5-2/h7-8,13,19H,4-6,9-12,14-15H2,1-3H3,(H2,24,25,26). The monoisotopic (exact) mass is 413 g/mol. The first-order valence-electron chi connectivity index (χ1n) is 10.2. The van der Waals surface area contributed by atoms with Crippen LogP contribution in [0.1, 0.15) is 45.1 Å². The van der Waals surface area contributed by atoms with Crippen LogP contribution in [0.3, 0.4) is 0 Å². The van der Waals surface area contributed by atoms with Crippen LogP contribution in [0.25, 0.3) is 0 Å². The first-order chi connectivity index (χ1) is 14.0. The molecule has 0 aromatic heterocycles. The first kappa shape index (κ1) is 23.2. The summed E-state index contributed by atoms with van der Waals surface area (Å²) in [5, 5.41) is 6.71. The molecule has 2 rings (SSSR count). The summed E-state index contributed by atoms with van der Waals surface area (Å²) in [4.78, 5) is 4.64. The summed E-state index contributed by atoms with van der Waals surface area (Å²) < 4.78 is 40.3. The van der Waals surface area contributed by atoms with E-state index in [2.05, 4.69) is 20.4 Å². The lowest BCUT2D eigenvalue weighted by Crippen LogP contribution is -2.46. The zero-order valence-corrected chi connectivity index (χ0v) is 17.6. The lowest BCUT2D eigenvalue weighted by atomic mass is 9.67. The van der Waals surface area contributed by atoms with E-state index in [-0.39, 0.29) is 11.2 Å². The fourth-order valence-electron chi connectivity index (χ4n) is 3.41. The van der Waals surface area contributed by atoms with Crippen molar-refractivity contribution in [1.29, 1.82) is 0 Å². The Kier molecular flexibility index (Phi) is 9.44. The highest BCUT2D eigenvalue weighted by Gasteiger charge is 2.36. The lowest BCUT2D eigenvalue weighted by Gasteiger charge is -2.42. The summed E-state index contributed by atoms with van der Waals surface area (Å²) in [6.45, 7) is 4.06. The molecule has 164 valence electrons. The highest BCUT2D eigenvalue weighted by molar-refractivity contribution is 5.79. The average Bonchev–Trinajstić information content (AvgIpc) is 2.66. The minimum Gasteiger partial charge on any atom is -0.490 e. The minimum absolute atomic E-state index is 0.0321. The van der Waals surface area contributed by atoms with Gasteiger partial charge in [0.15, 0.2) is 17.5 Å². The quantitative estimate of drug-likeness (QED) is 0.401. The Morgan fingerprint density at radius 1 is 1.21 bits per heavy atom. The lowest BCUT2D eigenvalue weighted by molar-refractivity contribution is -0.0514. The molecule has 1 fully saturated rings. The van der Waals surface area contributed by atoms with Crippen molar-refractivity contribution >= 4 is 5.96 Å². The molecule has 8 heteroatoms. The Hall–Kier alpha value is -2.09. The van der Waals surface area contributed by atoms with Crippen molar-refractivity contribution in [3.8, 4) is 11.5 Å². The smallest absolute Gasteiger partial charge is 0.387 e. The largest absolute Gasteiger partial charge is 0.490 e. The van der Waals surface area contributed by atoms with Crippen LogP contribution in [-0.4, -0.2) is 46.0 Å². The summed E-state index contributed by atoms with van der Waals surface area (Å²) in [6.07, 6.45) is 4.70. The van der Waals surface area contributed by atoms with Crippen LogP contribution in [0.15, 0.2) is 23.2 Å². The van der Waals surface area contributed by atoms with Crippen molar-refractivity contribution < 1.29 is 23.0 Å². The SMILES string of the molecule is CCNC(=NCc1ccc(OC(F)F)c(OCC)c1)NCC1(CCOC)CCC1. The number of hydrogen-bond donors (Lipinski definition) is 2. The van der Waals surface area contributed by atoms with Gasteiger partial charge in [0.05, 0.1) is 13.2 Å².